The fourth-order valence-corrected chi connectivity index (χ4v) is 2.17. The first-order valence-electron chi connectivity index (χ1n) is 4.45. The van der Waals surface area contributed by atoms with Crippen LogP contribution in [0.15, 0.2) is 12.1 Å². The lowest BCUT2D eigenvalue weighted by Crippen LogP contribution is -2.31. The summed E-state index contributed by atoms with van der Waals surface area (Å²) in [6.07, 6.45) is 0.252. The first-order chi connectivity index (χ1) is 7.08. The molecule has 15 heavy (non-hydrogen) atoms. The Balaban J connectivity index is 2.37. The van der Waals surface area contributed by atoms with Crippen LogP contribution in [-0.2, 0) is 11.2 Å². The molecule has 1 atom stereocenters. The molecular weight excluding hydrogens is 239 g/mol. The van der Waals surface area contributed by atoms with Crippen LogP contribution >= 0.6 is 23.2 Å². The Kier molecular flexibility index (Phi) is 2.76. The molecule has 0 aliphatic carbocycles. The third kappa shape index (κ3) is 2.03. The van der Waals surface area contributed by atoms with Gasteiger partial charge >= 0.3 is 5.97 Å². The van der Waals surface area contributed by atoms with Gasteiger partial charge in [0.25, 0.3) is 0 Å². The molecule has 2 rings (SSSR count). The van der Waals surface area contributed by atoms with E-state index in [0.717, 1.165) is 5.56 Å². The van der Waals surface area contributed by atoms with Crippen molar-refractivity contribution in [2.24, 2.45) is 0 Å². The van der Waals surface area contributed by atoms with Crippen LogP contribution in [0.3, 0.4) is 0 Å². The number of aryl methyl sites for hydroxylation is 1. The molecule has 0 fully saturated rings. The first kappa shape index (κ1) is 10.6. The normalized spacial score (nSPS) is 19.2. The molecule has 5 heteroatoms. The van der Waals surface area contributed by atoms with Gasteiger partial charge in [0.15, 0.2) is 6.10 Å². The van der Waals surface area contributed by atoms with E-state index in [1.165, 1.54) is 0 Å². The third-order valence-corrected chi connectivity index (χ3v) is 2.80. The number of hydrogen-bond acceptors (Lipinski definition) is 2. The van der Waals surface area contributed by atoms with Crippen LogP contribution in [0.4, 0.5) is 0 Å². The van der Waals surface area contributed by atoms with Gasteiger partial charge in [-0.05, 0) is 30.5 Å². The fraction of sp³-hybridized carbons (Fsp3) is 0.300. The number of hydrogen-bond donors (Lipinski definition) is 1. The molecule has 0 saturated carbocycles. The van der Waals surface area contributed by atoms with Gasteiger partial charge in [0.2, 0.25) is 0 Å². The highest BCUT2D eigenvalue weighted by molar-refractivity contribution is 6.35. The molecule has 0 unspecified atom stereocenters. The SMILES string of the molecule is O=C(O)[C@H]1CCc2cc(Cl)cc(Cl)c2O1. The summed E-state index contributed by atoms with van der Waals surface area (Å²) in [5.74, 6) is -0.522. The van der Waals surface area contributed by atoms with Crippen LogP contribution in [0.1, 0.15) is 12.0 Å². The van der Waals surface area contributed by atoms with Crippen LogP contribution in [0.25, 0.3) is 0 Å². The molecule has 0 spiro atoms. The monoisotopic (exact) mass is 246 g/mol. The smallest absolute Gasteiger partial charge is 0.344 e. The molecule has 1 N–H and O–H groups in total. The second-order valence-electron chi connectivity index (χ2n) is 3.36. The molecule has 0 bridgehead atoms. The van der Waals surface area contributed by atoms with Crippen molar-refractivity contribution in [2.45, 2.75) is 18.9 Å². The first-order valence-corrected chi connectivity index (χ1v) is 5.21. The predicted molar refractivity (Wildman–Crippen MR) is 56.8 cm³/mol. The number of halogens is 2. The zero-order valence-electron chi connectivity index (χ0n) is 7.67. The van der Waals surface area contributed by atoms with E-state index in [4.69, 9.17) is 33.0 Å². The second-order valence-corrected chi connectivity index (χ2v) is 4.20. The molecule has 0 aromatic heterocycles. The summed E-state index contributed by atoms with van der Waals surface area (Å²) in [6, 6.07) is 3.30. The lowest BCUT2D eigenvalue weighted by atomic mass is 10.0. The van der Waals surface area contributed by atoms with E-state index in [0.29, 0.717) is 28.6 Å². The third-order valence-electron chi connectivity index (χ3n) is 2.30. The molecule has 1 aliphatic rings. The van der Waals surface area contributed by atoms with Gasteiger partial charge < -0.3 is 9.84 Å². The summed E-state index contributed by atoms with van der Waals surface area (Å²) in [5, 5.41) is 9.72. The topological polar surface area (TPSA) is 46.5 Å². The van der Waals surface area contributed by atoms with E-state index < -0.39 is 12.1 Å². The molecule has 0 amide bonds. The summed E-state index contributed by atoms with van der Waals surface area (Å²) in [5.41, 5.74) is 0.866. The zero-order valence-corrected chi connectivity index (χ0v) is 9.18. The van der Waals surface area contributed by atoms with Crippen LogP contribution in [0.5, 0.6) is 5.75 Å². The van der Waals surface area contributed by atoms with Crippen molar-refractivity contribution in [1.29, 1.82) is 0 Å². The van der Waals surface area contributed by atoms with E-state index in [1.807, 2.05) is 0 Å². The lowest BCUT2D eigenvalue weighted by molar-refractivity contribution is -0.145. The molecular formula is C10H8Cl2O3. The van der Waals surface area contributed by atoms with E-state index in [9.17, 15) is 4.79 Å². The summed E-state index contributed by atoms with van der Waals surface area (Å²) < 4.78 is 5.29. The number of carboxylic acids is 1. The van der Waals surface area contributed by atoms with Crippen LogP contribution in [0, 0.1) is 0 Å². The van der Waals surface area contributed by atoms with Gasteiger partial charge in [0, 0.05) is 5.02 Å². The number of fused-ring (bicyclic) bond motifs is 1. The van der Waals surface area contributed by atoms with Crippen molar-refractivity contribution in [3.8, 4) is 5.75 Å². The van der Waals surface area contributed by atoms with Crippen molar-refractivity contribution < 1.29 is 14.6 Å². The largest absolute Gasteiger partial charge is 0.479 e. The number of carbonyl (C=O) groups is 1. The van der Waals surface area contributed by atoms with E-state index in [2.05, 4.69) is 0 Å². The Labute approximate surface area is 96.6 Å². The molecule has 1 aliphatic heterocycles. The molecule has 1 aromatic carbocycles. The van der Waals surface area contributed by atoms with Gasteiger partial charge in [-0.2, -0.15) is 0 Å². The molecule has 1 aromatic rings. The maximum atomic E-state index is 10.7. The van der Waals surface area contributed by atoms with E-state index in [1.54, 1.807) is 12.1 Å². The minimum Gasteiger partial charge on any atom is -0.479 e. The number of ether oxygens (including phenoxy) is 1. The zero-order chi connectivity index (χ0) is 11.0. The molecule has 3 nitrogen and oxygen atoms in total. The molecule has 0 radical (unpaired) electrons. The van der Waals surface area contributed by atoms with Crippen LogP contribution < -0.4 is 4.74 Å². The van der Waals surface area contributed by atoms with Crippen LogP contribution in [-0.4, -0.2) is 17.2 Å². The Bertz CT molecular complexity index is 417. The number of rotatable bonds is 1. The van der Waals surface area contributed by atoms with Gasteiger partial charge in [-0.25, -0.2) is 4.79 Å². The Morgan fingerprint density at radius 2 is 2.20 bits per heavy atom. The lowest BCUT2D eigenvalue weighted by Gasteiger charge is -2.24. The Hall–Kier alpha value is -0.930. The standard InChI is InChI=1S/C10H8Cl2O3/c11-6-3-5-1-2-8(10(13)14)15-9(5)7(12)4-6/h3-4,8H,1-2H2,(H,13,14)/t8-/m1/s1. The maximum Gasteiger partial charge on any atom is 0.344 e. The Morgan fingerprint density at radius 3 is 2.87 bits per heavy atom. The number of benzene rings is 1. The highest BCUT2D eigenvalue weighted by Crippen LogP contribution is 2.37. The summed E-state index contributed by atoms with van der Waals surface area (Å²) in [6.45, 7) is 0. The second kappa shape index (κ2) is 3.91. The summed E-state index contributed by atoms with van der Waals surface area (Å²) in [7, 11) is 0. The fourth-order valence-electron chi connectivity index (χ4n) is 1.59. The quantitative estimate of drug-likeness (QED) is 0.829. The van der Waals surface area contributed by atoms with Gasteiger partial charge in [-0.15, -0.1) is 0 Å². The highest BCUT2D eigenvalue weighted by Gasteiger charge is 2.27. The maximum absolute atomic E-state index is 10.7. The minimum absolute atomic E-state index is 0.364. The molecule has 80 valence electrons. The van der Waals surface area contributed by atoms with Crippen LogP contribution in [0.2, 0.25) is 10.0 Å². The van der Waals surface area contributed by atoms with Crippen molar-refractivity contribution in [1.82, 2.24) is 0 Å². The average molecular weight is 247 g/mol. The van der Waals surface area contributed by atoms with Gasteiger partial charge in [-0.3, -0.25) is 0 Å². The summed E-state index contributed by atoms with van der Waals surface area (Å²) in [4.78, 5) is 10.7. The summed E-state index contributed by atoms with van der Waals surface area (Å²) >= 11 is 11.7. The van der Waals surface area contributed by atoms with Crippen molar-refractivity contribution in [3.63, 3.8) is 0 Å². The van der Waals surface area contributed by atoms with E-state index in [-0.39, 0.29) is 0 Å². The van der Waals surface area contributed by atoms with Gasteiger partial charge in [-0.1, -0.05) is 23.2 Å². The minimum atomic E-state index is -0.966. The van der Waals surface area contributed by atoms with Crippen molar-refractivity contribution in [2.75, 3.05) is 0 Å². The number of carboxylic acid groups (broad SMARTS) is 1. The average Bonchev–Trinajstić information content (AvgIpc) is 2.16. The molecule has 0 saturated heterocycles. The van der Waals surface area contributed by atoms with Gasteiger partial charge in [0.05, 0.1) is 5.02 Å². The highest BCUT2D eigenvalue weighted by atomic mass is 35.5. The number of aliphatic carboxylic acids is 1. The predicted octanol–water partition coefficient (Wildman–Crippen LogP) is 2.77. The van der Waals surface area contributed by atoms with Crippen molar-refractivity contribution >= 4 is 29.2 Å². The Morgan fingerprint density at radius 1 is 1.47 bits per heavy atom. The molecule has 1 heterocycles. The van der Waals surface area contributed by atoms with E-state index >= 15 is 0 Å². The van der Waals surface area contributed by atoms with Gasteiger partial charge in [0.1, 0.15) is 5.75 Å². The van der Waals surface area contributed by atoms with Crippen molar-refractivity contribution in [3.05, 3.63) is 27.7 Å².